The van der Waals surface area contributed by atoms with Gasteiger partial charge in [0, 0.05) is 10.2 Å². The first-order chi connectivity index (χ1) is 2.56. The highest BCUT2D eigenvalue weighted by molar-refractivity contribution is 7.65. The van der Waals surface area contributed by atoms with Gasteiger partial charge in [-0.1, -0.05) is 0 Å². The van der Waals surface area contributed by atoms with Crippen molar-refractivity contribution in [3.05, 3.63) is 0 Å². The molecule has 0 saturated carbocycles. The highest BCUT2D eigenvalue weighted by Gasteiger charge is 2.20. The quantitative estimate of drug-likeness (QED) is 0.416. The summed E-state index contributed by atoms with van der Waals surface area (Å²) in [4.78, 5) is 0. The molecule has 0 fully saturated rings. The molecule has 0 atom stereocenters. The van der Waals surface area contributed by atoms with Crippen LogP contribution >= 0.6 is 33.2 Å². The van der Waals surface area contributed by atoms with Crippen molar-refractivity contribution >= 4 is 49.5 Å². The summed E-state index contributed by atoms with van der Waals surface area (Å²) in [6.45, 7) is 0. The molecule has 0 radical (unpaired) electrons. The second kappa shape index (κ2) is 2.57. The van der Waals surface area contributed by atoms with Crippen LogP contribution in [0.25, 0.3) is 0 Å². The molecule has 38 valence electrons. The molecule has 0 spiro atoms. The van der Waals surface area contributed by atoms with Gasteiger partial charge >= 0.3 is 6.00 Å². The van der Waals surface area contributed by atoms with E-state index in [1.165, 1.54) is 0 Å². The maximum atomic E-state index is 5.42. The predicted octanol–water partition coefficient (Wildman–Crippen LogP) is 0.965. The molecule has 0 aliphatic heterocycles. The Kier molecular flexibility index (Phi) is 3.13. The fourth-order valence-corrected chi connectivity index (χ4v) is 0. The highest BCUT2D eigenvalue weighted by atomic mass is 35.8. The molecule has 0 aromatic rings. The number of halogens is 3. The van der Waals surface area contributed by atoms with E-state index in [9.17, 15) is 0 Å². The molecule has 0 N–H and O–H groups in total. The van der Waals surface area contributed by atoms with Crippen LogP contribution < -0.4 is 0 Å². The molecule has 0 aliphatic rings. The Hall–Kier alpha value is 1.30. The standard InChI is InChI=1S/CH5Cl3Si2/c2-6(3,4)1-5/h1H2,5H3. The van der Waals surface area contributed by atoms with E-state index in [1.54, 1.807) is 0 Å². The fraction of sp³-hybridized carbons (Fsp3) is 1.00. The number of hydrogen-bond acceptors (Lipinski definition) is 0. The minimum Gasteiger partial charge on any atom is -0.126 e. The summed E-state index contributed by atoms with van der Waals surface area (Å²) in [5.41, 5.74) is 0.845. The van der Waals surface area contributed by atoms with E-state index < -0.39 is 6.00 Å². The Morgan fingerprint density at radius 3 is 1.50 bits per heavy atom. The van der Waals surface area contributed by atoms with E-state index in [1.807, 2.05) is 0 Å². The van der Waals surface area contributed by atoms with Crippen LogP contribution in [0.3, 0.4) is 0 Å². The largest absolute Gasteiger partial charge is 0.338 e. The van der Waals surface area contributed by atoms with Gasteiger partial charge in [-0.05, 0) is 5.67 Å². The third-order valence-corrected chi connectivity index (χ3v) is 10.8. The van der Waals surface area contributed by atoms with Crippen LogP contribution in [0.5, 0.6) is 0 Å². The third kappa shape index (κ3) is 5.30. The highest BCUT2D eigenvalue weighted by Crippen LogP contribution is 2.21. The van der Waals surface area contributed by atoms with Crippen molar-refractivity contribution in [3.8, 4) is 0 Å². The maximum Gasteiger partial charge on any atom is 0.338 e. The van der Waals surface area contributed by atoms with Crippen LogP contribution in [-0.2, 0) is 0 Å². The topological polar surface area (TPSA) is 0 Å². The zero-order valence-corrected chi connectivity index (χ0v) is 8.61. The van der Waals surface area contributed by atoms with Crippen molar-refractivity contribution in [2.75, 3.05) is 0 Å². The Morgan fingerprint density at radius 2 is 1.50 bits per heavy atom. The summed E-state index contributed by atoms with van der Waals surface area (Å²) in [5.74, 6) is 0. The lowest BCUT2D eigenvalue weighted by atomic mass is 11.9. The Balaban J connectivity index is 3.17. The van der Waals surface area contributed by atoms with E-state index in [4.69, 9.17) is 33.2 Å². The summed E-state index contributed by atoms with van der Waals surface area (Å²) in [6.07, 6.45) is 0. The lowest BCUT2D eigenvalue weighted by Crippen LogP contribution is -2.06. The van der Waals surface area contributed by atoms with Gasteiger partial charge in [0.2, 0.25) is 0 Å². The number of rotatable bonds is 1. The van der Waals surface area contributed by atoms with Gasteiger partial charge in [-0.25, -0.2) is 0 Å². The first kappa shape index (κ1) is 7.30. The molecule has 0 saturated heterocycles. The molecule has 0 unspecified atom stereocenters. The zero-order chi connectivity index (χ0) is 5.21. The van der Waals surface area contributed by atoms with Crippen molar-refractivity contribution in [2.24, 2.45) is 0 Å². The summed E-state index contributed by atoms with van der Waals surface area (Å²) in [5, 5.41) is 0. The van der Waals surface area contributed by atoms with Crippen molar-refractivity contribution in [2.45, 2.75) is 5.67 Å². The Labute approximate surface area is 55.3 Å². The molecule has 0 aromatic carbocycles. The van der Waals surface area contributed by atoms with Gasteiger partial charge in [0.25, 0.3) is 0 Å². The third-order valence-electron chi connectivity index (χ3n) is 0.401. The summed E-state index contributed by atoms with van der Waals surface area (Å²) in [6, 6.07) is -2.15. The molecule has 0 bridgehead atoms. The molecule has 6 heavy (non-hydrogen) atoms. The second-order valence-corrected chi connectivity index (χ2v) is 12.6. The zero-order valence-electron chi connectivity index (χ0n) is 3.34. The van der Waals surface area contributed by atoms with Crippen LogP contribution in [0.15, 0.2) is 0 Å². The maximum absolute atomic E-state index is 5.42. The van der Waals surface area contributed by atoms with Crippen molar-refractivity contribution in [1.29, 1.82) is 0 Å². The monoisotopic (exact) mass is 178 g/mol. The molecule has 0 amide bonds. The summed E-state index contributed by atoms with van der Waals surface area (Å²) >= 11 is 16.3. The van der Waals surface area contributed by atoms with Crippen LogP contribution in [-0.4, -0.2) is 16.2 Å². The molecule has 0 aromatic heterocycles. The van der Waals surface area contributed by atoms with Crippen molar-refractivity contribution in [1.82, 2.24) is 0 Å². The smallest absolute Gasteiger partial charge is 0.126 e. The molecule has 0 heterocycles. The van der Waals surface area contributed by atoms with E-state index in [0.29, 0.717) is 0 Å². The average Bonchev–Trinajstić information content (AvgIpc) is 1.35. The van der Waals surface area contributed by atoms with E-state index >= 15 is 0 Å². The SMILES string of the molecule is [SiH3]C[Si](Cl)(Cl)Cl. The molecular weight excluding hydrogens is 175 g/mol. The van der Waals surface area contributed by atoms with Crippen molar-refractivity contribution in [3.63, 3.8) is 0 Å². The minimum absolute atomic E-state index is 0.845. The fourth-order valence-electron chi connectivity index (χ4n) is 0. The first-order valence-corrected chi connectivity index (χ1v) is 8.28. The minimum atomic E-state index is -2.15. The van der Waals surface area contributed by atoms with Crippen LogP contribution in [0.1, 0.15) is 0 Å². The normalized spacial score (nSPS) is 12.5. The average molecular weight is 180 g/mol. The van der Waals surface area contributed by atoms with Gasteiger partial charge in [-0.2, -0.15) is 0 Å². The molecular formula is CH5Cl3Si2. The van der Waals surface area contributed by atoms with Gasteiger partial charge in [0.05, 0.1) is 0 Å². The Bertz CT molecular complexity index is 38.5. The second-order valence-electron chi connectivity index (χ2n) is 0.969. The van der Waals surface area contributed by atoms with E-state index in [-0.39, 0.29) is 0 Å². The van der Waals surface area contributed by atoms with Crippen LogP contribution in [0.2, 0.25) is 5.67 Å². The van der Waals surface area contributed by atoms with E-state index in [2.05, 4.69) is 0 Å². The molecule has 5 heteroatoms. The van der Waals surface area contributed by atoms with Gasteiger partial charge < -0.3 is 0 Å². The van der Waals surface area contributed by atoms with Gasteiger partial charge in [-0.15, -0.1) is 33.2 Å². The molecule has 0 nitrogen and oxygen atoms in total. The predicted molar refractivity (Wildman–Crippen MR) is 38.1 cm³/mol. The Morgan fingerprint density at radius 1 is 1.33 bits per heavy atom. The van der Waals surface area contributed by atoms with Crippen LogP contribution in [0.4, 0.5) is 0 Å². The molecule has 0 aliphatic carbocycles. The van der Waals surface area contributed by atoms with Crippen LogP contribution in [0, 0.1) is 0 Å². The number of hydrogen-bond donors (Lipinski definition) is 0. The van der Waals surface area contributed by atoms with Crippen molar-refractivity contribution < 1.29 is 0 Å². The lowest BCUT2D eigenvalue weighted by molar-refractivity contribution is 2.08. The van der Waals surface area contributed by atoms with Gasteiger partial charge in [0.1, 0.15) is 0 Å². The summed E-state index contributed by atoms with van der Waals surface area (Å²) in [7, 11) is 1.01. The molecule has 0 rings (SSSR count). The van der Waals surface area contributed by atoms with Gasteiger partial charge in [0.15, 0.2) is 0 Å². The summed E-state index contributed by atoms with van der Waals surface area (Å²) < 4.78 is 0. The lowest BCUT2D eigenvalue weighted by Gasteiger charge is -1.98. The first-order valence-electron chi connectivity index (χ1n) is 1.63. The van der Waals surface area contributed by atoms with Gasteiger partial charge in [-0.3, -0.25) is 0 Å². The van der Waals surface area contributed by atoms with E-state index in [0.717, 1.165) is 15.9 Å².